The number of aromatic nitrogens is 3. The molecule has 2 aromatic rings. The fourth-order valence-electron chi connectivity index (χ4n) is 3.71. The molecular weight excluding hydrogens is 302 g/mol. The Hall–Kier alpha value is -1.95. The van der Waals surface area contributed by atoms with Crippen LogP contribution in [0.4, 0.5) is 0 Å². The second-order valence-electron chi connectivity index (χ2n) is 7.15. The Bertz CT molecular complexity index is 751. The number of nitrogens with two attached hydrogens (primary N) is 1. The number of piperidine rings is 1. The van der Waals surface area contributed by atoms with E-state index >= 15 is 0 Å². The van der Waals surface area contributed by atoms with Crippen LogP contribution in [0.25, 0.3) is 11.0 Å². The molecule has 24 heavy (non-hydrogen) atoms. The average molecular weight is 329 g/mol. The number of carbonyl (C=O) groups is 1. The van der Waals surface area contributed by atoms with Gasteiger partial charge in [-0.2, -0.15) is 5.10 Å². The zero-order valence-corrected chi connectivity index (χ0v) is 15.0. The largest absolute Gasteiger partial charge is 0.334 e. The van der Waals surface area contributed by atoms with Gasteiger partial charge in [-0.15, -0.1) is 0 Å². The van der Waals surface area contributed by atoms with Gasteiger partial charge >= 0.3 is 0 Å². The number of rotatable bonds is 3. The lowest BCUT2D eigenvalue weighted by atomic mass is 9.90. The first kappa shape index (κ1) is 16.9. The number of likely N-dealkylation sites (tertiary alicyclic amines) is 1. The quantitative estimate of drug-likeness (QED) is 0.938. The third-order valence-electron chi connectivity index (χ3n) is 5.03. The number of hydrogen-bond acceptors (Lipinski definition) is 4. The molecule has 0 bridgehead atoms. The van der Waals surface area contributed by atoms with Crippen molar-refractivity contribution in [1.82, 2.24) is 19.7 Å². The van der Waals surface area contributed by atoms with Crippen molar-refractivity contribution in [3.63, 3.8) is 0 Å². The van der Waals surface area contributed by atoms with Crippen molar-refractivity contribution < 1.29 is 4.79 Å². The Morgan fingerprint density at radius 1 is 1.46 bits per heavy atom. The molecule has 0 unspecified atom stereocenters. The second kappa shape index (κ2) is 6.51. The normalized spacial score (nSPS) is 21.7. The number of aryl methyl sites for hydroxylation is 1. The van der Waals surface area contributed by atoms with Crippen LogP contribution < -0.4 is 5.73 Å². The lowest BCUT2D eigenvalue weighted by Crippen LogP contribution is -2.51. The van der Waals surface area contributed by atoms with Crippen molar-refractivity contribution in [2.24, 2.45) is 11.7 Å². The summed E-state index contributed by atoms with van der Waals surface area (Å²) in [6, 6.07) is 2.19. The third-order valence-corrected chi connectivity index (χ3v) is 5.03. The van der Waals surface area contributed by atoms with Gasteiger partial charge in [-0.25, -0.2) is 9.67 Å². The third kappa shape index (κ3) is 2.79. The predicted octanol–water partition coefficient (Wildman–Crippen LogP) is 2.52. The van der Waals surface area contributed by atoms with E-state index in [1.54, 1.807) is 6.20 Å². The van der Waals surface area contributed by atoms with Gasteiger partial charge in [0.05, 0.1) is 17.1 Å². The highest BCUT2D eigenvalue weighted by Crippen LogP contribution is 2.27. The first-order valence-corrected chi connectivity index (χ1v) is 8.80. The average Bonchev–Trinajstić information content (AvgIpc) is 2.97. The maximum atomic E-state index is 13.3. The molecule has 2 aromatic heterocycles. The Labute approximate surface area is 143 Å². The van der Waals surface area contributed by atoms with E-state index in [1.807, 2.05) is 22.6 Å². The maximum absolute atomic E-state index is 13.3. The van der Waals surface area contributed by atoms with Crippen LogP contribution in [0.5, 0.6) is 0 Å². The molecule has 130 valence electrons. The van der Waals surface area contributed by atoms with Gasteiger partial charge in [-0.1, -0.05) is 6.92 Å². The van der Waals surface area contributed by atoms with Crippen molar-refractivity contribution in [3.05, 3.63) is 23.5 Å². The SMILES string of the molecule is Cc1cc(C(=O)N2CCC[C@H](C)[C@@H]2CN)c2cnn(C(C)C)c2n1. The molecular formula is C18H27N5O. The molecule has 3 rings (SSSR count). The fraction of sp³-hybridized carbons (Fsp3) is 0.611. The van der Waals surface area contributed by atoms with Gasteiger partial charge in [0.1, 0.15) is 0 Å². The van der Waals surface area contributed by atoms with Crippen molar-refractivity contribution >= 4 is 16.9 Å². The van der Waals surface area contributed by atoms with Crippen molar-refractivity contribution in [3.8, 4) is 0 Å². The minimum atomic E-state index is 0.0517. The number of amides is 1. The molecule has 0 saturated carbocycles. The van der Waals surface area contributed by atoms with Gasteiger partial charge in [0.25, 0.3) is 5.91 Å². The Morgan fingerprint density at radius 2 is 2.21 bits per heavy atom. The summed E-state index contributed by atoms with van der Waals surface area (Å²) >= 11 is 0. The molecule has 6 heteroatoms. The highest BCUT2D eigenvalue weighted by atomic mass is 16.2. The summed E-state index contributed by atoms with van der Waals surface area (Å²) in [5.41, 5.74) is 8.27. The standard InChI is InChI=1S/C18H27N5O/c1-11(2)23-17-15(10-20-23)14(8-13(4)21-17)18(24)22-7-5-6-12(3)16(22)9-19/h8,10-12,16H,5-7,9,19H2,1-4H3/t12-,16-/m0/s1. The van der Waals surface area contributed by atoms with Crippen molar-refractivity contribution in [2.45, 2.75) is 52.6 Å². The number of fused-ring (bicyclic) bond motifs is 1. The van der Waals surface area contributed by atoms with Crippen LogP contribution >= 0.6 is 0 Å². The Kier molecular flexibility index (Phi) is 4.58. The van der Waals surface area contributed by atoms with Gasteiger partial charge < -0.3 is 10.6 Å². The molecule has 0 aliphatic carbocycles. The molecule has 0 spiro atoms. The van der Waals surface area contributed by atoms with Gasteiger partial charge in [-0.05, 0) is 45.6 Å². The van der Waals surface area contributed by atoms with Gasteiger partial charge in [0.2, 0.25) is 0 Å². The molecule has 1 aliphatic rings. The monoisotopic (exact) mass is 329 g/mol. The summed E-state index contributed by atoms with van der Waals surface area (Å²) < 4.78 is 1.87. The topological polar surface area (TPSA) is 77.0 Å². The first-order valence-electron chi connectivity index (χ1n) is 8.80. The van der Waals surface area contributed by atoms with E-state index in [0.717, 1.165) is 36.1 Å². The predicted molar refractivity (Wildman–Crippen MR) is 94.9 cm³/mol. The Balaban J connectivity index is 2.06. The summed E-state index contributed by atoms with van der Waals surface area (Å²) in [6.07, 6.45) is 3.92. The lowest BCUT2D eigenvalue weighted by molar-refractivity contribution is 0.0534. The molecule has 3 heterocycles. The van der Waals surface area contributed by atoms with E-state index in [1.165, 1.54) is 0 Å². The van der Waals surface area contributed by atoms with Crippen LogP contribution in [0.2, 0.25) is 0 Å². The maximum Gasteiger partial charge on any atom is 0.255 e. The number of hydrogen-bond donors (Lipinski definition) is 1. The number of nitrogens with zero attached hydrogens (tertiary/aromatic N) is 4. The molecule has 0 radical (unpaired) electrons. The molecule has 1 fully saturated rings. The molecule has 1 amide bonds. The molecule has 1 saturated heterocycles. The fourth-order valence-corrected chi connectivity index (χ4v) is 3.71. The highest BCUT2D eigenvalue weighted by Gasteiger charge is 2.32. The van der Waals surface area contributed by atoms with Crippen LogP contribution in [0.15, 0.2) is 12.3 Å². The summed E-state index contributed by atoms with van der Waals surface area (Å²) in [4.78, 5) is 19.8. The van der Waals surface area contributed by atoms with Gasteiger partial charge in [-0.3, -0.25) is 4.79 Å². The number of carbonyl (C=O) groups excluding carboxylic acids is 1. The highest BCUT2D eigenvalue weighted by molar-refractivity contribution is 6.05. The Morgan fingerprint density at radius 3 is 2.88 bits per heavy atom. The van der Waals surface area contributed by atoms with E-state index in [4.69, 9.17) is 5.73 Å². The van der Waals surface area contributed by atoms with E-state index in [9.17, 15) is 4.79 Å². The summed E-state index contributed by atoms with van der Waals surface area (Å²) in [6.45, 7) is 9.51. The van der Waals surface area contributed by atoms with Crippen LogP contribution in [-0.4, -0.2) is 44.7 Å². The zero-order valence-electron chi connectivity index (χ0n) is 15.0. The van der Waals surface area contributed by atoms with Crippen LogP contribution in [0.3, 0.4) is 0 Å². The minimum absolute atomic E-state index is 0.0517. The number of pyridine rings is 1. The minimum Gasteiger partial charge on any atom is -0.334 e. The van der Waals surface area contributed by atoms with E-state index < -0.39 is 0 Å². The van der Waals surface area contributed by atoms with Crippen LogP contribution in [-0.2, 0) is 0 Å². The second-order valence-corrected chi connectivity index (χ2v) is 7.15. The van der Waals surface area contributed by atoms with Crippen molar-refractivity contribution in [1.29, 1.82) is 0 Å². The molecule has 1 aliphatic heterocycles. The summed E-state index contributed by atoms with van der Waals surface area (Å²) in [7, 11) is 0. The molecule has 6 nitrogen and oxygen atoms in total. The summed E-state index contributed by atoms with van der Waals surface area (Å²) in [5, 5.41) is 5.26. The van der Waals surface area contributed by atoms with E-state index in [-0.39, 0.29) is 18.0 Å². The van der Waals surface area contributed by atoms with E-state index in [0.29, 0.717) is 18.0 Å². The first-order chi connectivity index (χ1) is 11.4. The molecule has 2 N–H and O–H groups in total. The van der Waals surface area contributed by atoms with Crippen LogP contribution in [0, 0.1) is 12.8 Å². The smallest absolute Gasteiger partial charge is 0.255 e. The van der Waals surface area contributed by atoms with Crippen molar-refractivity contribution in [2.75, 3.05) is 13.1 Å². The molecule has 2 atom stereocenters. The summed E-state index contributed by atoms with van der Waals surface area (Å²) in [5.74, 6) is 0.486. The molecule has 0 aromatic carbocycles. The van der Waals surface area contributed by atoms with Crippen LogP contribution in [0.1, 0.15) is 55.7 Å². The zero-order chi connectivity index (χ0) is 17.4. The van der Waals surface area contributed by atoms with Gasteiger partial charge in [0, 0.05) is 30.9 Å². The van der Waals surface area contributed by atoms with E-state index in [2.05, 4.69) is 30.9 Å². The lowest BCUT2D eigenvalue weighted by Gasteiger charge is -2.39. The van der Waals surface area contributed by atoms with Gasteiger partial charge in [0.15, 0.2) is 5.65 Å².